The first kappa shape index (κ1) is 8.57. The van der Waals surface area contributed by atoms with Crippen LogP contribution in [-0.2, 0) is 9.53 Å². The first-order valence-electron chi connectivity index (χ1n) is 3.79. The van der Waals surface area contributed by atoms with Crippen molar-refractivity contribution in [3.05, 3.63) is 40.7 Å². The van der Waals surface area contributed by atoms with Gasteiger partial charge in [-0.05, 0) is 24.6 Å². The molecule has 1 aliphatic carbocycles. The maximum absolute atomic E-state index is 11.1. The van der Waals surface area contributed by atoms with Gasteiger partial charge in [0.25, 0.3) is 0 Å². The quantitative estimate of drug-likeness (QED) is 0.437. The van der Waals surface area contributed by atoms with Crippen molar-refractivity contribution in [2.75, 3.05) is 6.61 Å². The Bertz CT molecular complexity index is 368. The van der Waals surface area contributed by atoms with Crippen LogP contribution in [0, 0.1) is 0 Å². The van der Waals surface area contributed by atoms with Gasteiger partial charge in [0.15, 0.2) is 0 Å². The number of esters is 1. The summed E-state index contributed by atoms with van der Waals surface area (Å²) in [5, 5.41) is 0. The normalized spacial score (nSPS) is 18.8. The van der Waals surface area contributed by atoms with E-state index >= 15 is 0 Å². The smallest absolute Gasteiger partial charge is 0.338 e. The van der Waals surface area contributed by atoms with E-state index in [0.717, 1.165) is 11.1 Å². The molecule has 1 aliphatic heterocycles. The van der Waals surface area contributed by atoms with E-state index in [2.05, 4.69) is 5.73 Å². The molecule has 0 atom stereocenters. The van der Waals surface area contributed by atoms with Gasteiger partial charge in [0.2, 0.25) is 0 Å². The number of cyclic esters (lactones) is 1. The monoisotopic (exact) mass is 422 g/mol. The first-order chi connectivity index (χ1) is 5.77. The van der Waals surface area contributed by atoms with Gasteiger partial charge in [0.05, 0.1) is 5.57 Å². The molecule has 0 aromatic rings. The molecule has 13 heavy (non-hydrogen) atoms. The second kappa shape index (κ2) is 2.84. The number of carbonyl (C=O) groups excluding carboxylic acids is 1. The molecule has 0 amide bonds. The second-order valence-corrected chi connectivity index (χ2v) is 2.82. The second-order valence-electron chi connectivity index (χ2n) is 2.82. The zero-order chi connectivity index (χ0) is 8.55. The van der Waals surface area contributed by atoms with Crippen LogP contribution in [0.25, 0.3) is 0 Å². The van der Waals surface area contributed by atoms with Crippen LogP contribution in [0.5, 0.6) is 0 Å². The fourth-order valence-electron chi connectivity index (χ4n) is 1.18. The topological polar surface area (TPSA) is 26.3 Å². The summed E-state index contributed by atoms with van der Waals surface area (Å²) in [7, 11) is 0. The Hall–Kier alpha value is -2.53. The van der Waals surface area contributed by atoms with Crippen molar-refractivity contribution in [1.29, 1.82) is 0 Å². The van der Waals surface area contributed by atoms with Gasteiger partial charge in [-0.25, -0.2) is 4.79 Å². The Morgan fingerprint density at radius 3 is 3.00 bits per heavy atom. The molecule has 75 valence electrons. The van der Waals surface area contributed by atoms with Crippen LogP contribution in [0.2, 0.25) is 0 Å². The number of allylic oxidation sites excluding steroid dienone is 1. The van der Waals surface area contributed by atoms with Crippen LogP contribution in [0.3, 0.4) is 0 Å². The van der Waals surface area contributed by atoms with Crippen LogP contribution in [0.4, 0.5) is 0 Å². The molecule has 0 N–H and O–H groups in total. The molecule has 0 spiro atoms. The van der Waals surface area contributed by atoms with Gasteiger partial charge in [-0.15, -0.1) is 5.73 Å². The predicted octanol–water partition coefficient (Wildman–Crippen LogP) is 1.51. The minimum atomic E-state index is -0.228. The van der Waals surface area contributed by atoms with Crippen molar-refractivity contribution in [3.63, 3.8) is 0 Å². The molecule has 1 heterocycles. The fourth-order valence-corrected chi connectivity index (χ4v) is 1.18. The van der Waals surface area contributed by atoms with Gasteiger partial charge in [-0.3, -0.25) is 0 Å². The molecule has 0 saturated carbocycles. The largest absolute Gasteiger partial charge is 0.457 e. The molecule has 0 aromatic carbocycles. The van der Waals surface area contributed by atoms with Crippen LogP contribution >= 0.6 is 0 Å². The van der Waals surface area contributed by atoms with Crippen molar-refractivity contribution in [2.45, 2.75) is 6.92 Å². The molecule has 0 bridgehead atoms. The summed E-state index contributed by atoms with van der Waals surface area (Å²) in [6.07, 6.45) is 5.47. The summed E-state index contributed by atoms with van der Waals surface area (Å²) < 4.78 is 4.85. The van der Waals surface area contributed by atoms with Gasteiger partial charge < -0.3 is 4.74 Å². The van der Waals surface area contributed by atoms with E-state index in [1.54, 1.807) is 6.08 Å². The van der Waals surface area contributed by atoms with Crippen molar-refractivity contribution in [1.82, 2.24) is 0 Å². The predicted molar refractivity (Wildman–Crippen MR) is 44.4 cm³/mol. The minimum Gasteiger partial charge on any atom is -0.457 e. The van der Waals surface area contributed by atoms with Crippen molar-refractivity contribution in [3.8, 4) is 0 Å². The summed E-state index contributed by atoms with van der Waals surface area (Å²) in [4.78, 5) is 11.1. The molecule has 0 fully saturated rings. The standard InChI is InChI=1S/C10H8O2.Lr/c1-7-2-4-8-6-12-10(11)9(8)5-3-7;/h3-5H,6H2,1H3;. The average molecular weight is 422 g/mol. The SMILES string of the molecule is CC1=C=CC2=C(C=C1)C(=O)OC2.[Lr]. The molecule has 2 rings (SSSR count). The van der Waals surface area contributed by atoms with Gasteiger partial charge in [-0.2, -0.15) is 0 Å². The maximum Gasteiger partial charge on any atom is 0.338 e. The van der Waals surface area contributed by atoms with E-state index in [-0.39, 0.29) is 5.97 Å². The molecule has 0 saturated heterocycles. The van der Waals surface area contributed by atoms with Crippen LogP contribution in [0.15, 0.2) is 40.7 Å². The van der Waals surface area contributed by atoms with E-state index < -0.39 is 0 Å². The van der Waals surface area contributed by atoms with Gasteiger partial charge in [0.1, 0.15) is 6.61 Å². The Morgan fingerprint density at radius 2 is 2.23 bits per heavy atom. The number of carbonyl (C=O) groups is 1. The molecule has 2 aliphatic rings. The molecule has 0 aromatic heterocycles. The van der Waals surface area contributed by atoms with E-state index in [4.69, 9.17) is 4.74 Å². The van der Waals surface area contributed by atoms with Crippen LogP contribution in [-0.4, -0.2) is 12.6 Å². The van der Waals surface area contributed by atoms with Crippen LogP contribution in [0.1, 0.15) is 6.92 Å². The molecule has 1 radical (unpaired) electrons. The summed E-state index contributed by atoms with van der Waals surface area (Å²) in [5.74, 6) is -0.228. The third-order valence-electron chi connectivity index (χ3n) is 1.90. The van der Waals surface area contributed by atoms with Gasteiger partial charge >= 0.3 is 5.97 Å². The van der Waals surface area contributed by atoms with Gasteiger partial charge in [0, 0.05) is 5.57 Å². The minimum absolute atomic E-state index is 0. The Morgan fingerprint density at radius 1 is 1.46 bits per heavy atom. The molecular weight excluding hydrogens is 414 g/mol. The summed E-state index contributed by atoms with van der Waals surface area (Å²) >= 11 is 0. The zero-order valence-corrected chi connectivity index (χ0v) is 9.16. The Balaban J connectivity index is 0.000000845. The van der Waals surface area contributed by atoms with Crippen molar-refractivity contribution < 1.29 is 9.53 Å². The average Bonchev–Trinajstić information content (AvgIpc) is 2.28. The molecule has 0 unspecified atom stereocenters. The van der Waals surface area contributed by atoms with Crippen molar-refractivity contribution in [2.24, 2.45) is 0 Å². The zero-order valence-electron chi connectivity index (χ0n) is 7.01. The van der Waals surface area contributed by atoms with Crippen molar-refractivity contribution >= 4 is 5.97 Å². The maximum atomic E-state index is 11.1. The van der Waals surface area contributed by atoms with E-state index in [1.165, 1.54) is 0 Å². The number of rotatable bonds is 0. The molecular formula is C10H8LrO2. The fraction of sp³-hybridized carbons (Fsp3) is 0.200. The van der Waals surface area contributed by atoms with E-state index in [0.29, 0.717) is 12.2 Å². The van der Waals surface area contributed by atoms with E-state index in [9.17, 15) is 4.79 Å². The molecule has 3 heteroatoms. The van der Waals surface area contributed by atoms with Crippen LogP contribution < -0.4 is 0 Å². The number of hydrogen-bond acceptors (Lipinski definition) is 2. The summed E-state index contributed by atoms with van der Waals surface area (Å²) in [6, 6.07) is 0. The summed E-state index contributed by atoms with van der Waals surface area (Å²) in [6.45, 7) is 2.33. The number of ether oxygens (including phenoxy) is 1. The first-order valence-corrected chi connectivity index (χ1v) is 3.79. The molecule has 2 nitrogen and oxygen atoms in total. The van der Waals surface area contributed by atoms with Gasteiger partial charge in [-0.1, -0.05) is 6.08 Å². The third-order valence-corrected chi connectivity index (χ3v) is 1.90. The summed E-state index contributed by atoms with van der Waals surface area (Å²) in [5.41, 5.74) is 5.67. The number of hydrogen-bond donors (Lipinski definition) is 0. The Kier molecular flexibility index (Phi) is 1.87. The van der Waals surface area contributed by atoms with E-state index in [1.807, 2.05) is 19.1 Å². The third kappa shape index (κ3) is 1.26. The Labute approximate surface area is 70.5 Å².